The molecule has 0 spiro atoms. The number of ether oxygens (including phenoxy) is 3. The summed E-state index contributed by atoms with van der Waals surface area (Å²) in [4.78, 5) is 30.5. The van der Waals surface area contributed by atoms with Crippen LogP contribution in [0, 0.1) is 12.7 Å². The van der Waals surface area contributed by atoms with Crippen molar-refractivity contribution < 1.29 is 28.5 Å². The van der Waals surface area contributed by atoms with Crippen LogP contribution in [0.5, 0.6) is 17.2 Å². The number of benzene rings is 2. The molecule has 0 saturated heterocycles. The van der Waals surface area contributed by atoms with Gasteiger partial charge in [-0.05, 0) is 39.0 Å². The highest BCUT2D eigenvalue weighted by Gasteiger charge is 2.29. The number of fused-ring (bicyclic) bond motifs is 2. The monoisotopic (exact) mass is 563 g/mol. The highest BCUT2D eigenvalue weighted by Crippen LogP contribution is 2.39. The Morgan fingerprint density at radius 1 is 1.00 bits per heavy atom. The number of amides is 1. The van der Waals surface area contributed by atoms with Gasteiger partial charge in [0, 0.05) is 23.1 Å². The van der Waals surface area contributed by atoms with Crippen molar-refractivity contribution in [3.05, 3.63) is 60.6 Å². The largest absolute Gasteiger partial charge is 0.497 e. The number of carbonyl (C=O) groups is 1. The van der Waals surface area contributed by atoms with E-state index in [2.05, 4.69) is 19.9 Å². The Bertz CT molecular complexity index is 1710. The average Bonchev–Trinajstić information content (AvgIpc) is 3.35. The summed E-state index contributed by atoms with van der Waals surface area (Å²) in [6, 6.07) is 7.77. The van der Waals surface area contributed by atoms with Crippen LogP contribution in [0.1, 0.15) is 19.7 Å². The van der Waals surface area contributed by atoms with E-state index >= 15 is 4.39 Å². The Balaban J connectivity index is 1.47. The molecular formula is C28H26FN5O5S. The van der Waals surface area contributed by atoms with E-state index in [1.165, 1.54) is 29.8 Å². The zero-order chi connectivity index (χ0) is 28.6. The Kier molecular flexibility index (Phi) is 7.35. The van der Waals surface area contributed by atoms with Crippen LogP contribution < -0.4 is 19.1 Å². The molecule has 12 heteroatoms. The Hall–Kier alpha value is -4.58. The zero-order valence-electron chi connectivity index (χ0n) is 22.4. The van der Waals surface area contributed by atoms with Crippen molar-refractivity contribution in [2.45, 2.75) is 32.9 Å². The van der Waals surface area contributed by atoms with E-state index in [1.807, 2.05) is 18.2 Å². The number of carboxylic acid groups (broad SMARTS) is 1. The van der Waals surface area contributed by atoms with Gasteiger partial charge >= 0.3 is 6.09 Å². The molecule has 0 radical (unpaired) electrons. The van der Waals surface area contributed by atoms with E-state index in [-0.39, 0.29) is 5.75 Å². The molecule has 1 N–H and O–H groups in total. The molecule has 3 heterocycles. The van der Waals surface area contributed by atoms with Gasteiger partial charge in [-0.25, -0.2) is 24.1 Å². The van der Waals surface area contributed by atoms with Crippen LogP contribution in [0.25, 0.3) is 31.7 Å². The molecule has 0 aliphatic rings. The zero-order valence-corrected chi connectivity index (χ0v) is 23.2. The minimum Gasteiger partial charge on any atom is -0.497 e. The number of rotatable bonds is 8. The van der Waals surface area contributed by atoms with Crippen LogP contribution in [0.4, 0.5) is 14.9 Å². The maximum Gasteiger partial charge on any atom is 0.412 e. The predicted molar refractivity (Wildman–Crippen MR) is 150 cm³/mol. The van der Waals surface area contributed by atoms with Gasteiger partial charge in [-0.2, -0.15) is 0 Å². The summed E-state index contributed by atoms with van der Waals surface area (Å²) < 4.78 is 32.6. The normalized spacial score (nSPS) is 12.8. The topological polar surface area (TPSA) is 120 Å². The molecule has 5 aromatic rings. The van der Waals surface area contributed by atoms with Crippen molar-refractivity contribution in [1.82, 2.24) is 19.9 Å². The van der Waals surface area contributed by atoms with Gasteiger partial charge < -0.3 is 19.3 Å². The fourth-order valence-corrected chi connectivity index (χ4v) is 5.26. The number of pyridine rings is 1. The second kappa shape index (κ2) is 10.9. The Morgan fingerprint density at radius 2 is 1.70 bits per heavy atom. The number of nitrogens with zero attached hydrogens (tertiary/aromatic N) is 5. The van der Waals surface area contributed by atoms with Crippen molar-refractivity contribution in [2.75, 3.05) is 19.1 Å². The molecule has 2 atom stereocenters. The lowest BCUT2D eigenvalue weighted by Crippen LogP contribution is -2.46. The van der Waals surface area contributed by atoms with Gasteiger partial charge in [0.2, 0.25) is 0 Å². The summed E-state index contributed by atoms with van der Waals surface area (Å²) in [5.41, 5.74) is 2.19. The first-order chi connectivity index (χ1) is 19.2. The second-order valence-corrected chi connectivity index (χ2v) is 10.1. The van der Waals surface area contributed by atoms with E-state index in [0.29, 0.717) is 43.8 Å². The highest BCUT2D eigenvalue weighted by molar-refractivity contribution is 7.21. The smallest absolute Gasteiger partial charge is 0.412 e. The van der Waals surface area contributed by atoms with Crippen LogP contribution in [0.2, 0.25) is 0 Å². The number of thiazole rings is 1. The number of hydrogen-bond donors (Lipinski definition) is 1. The van der Waals surface area contributed by atoms with Crippen LogP contribution >= 0.6 is 11.3 Å². The lowest BCUT2D eigenvalue weighted by molar-refractivity contribution is 0.167. The molecule has 206 valence electrons. The Morgan fingerprint density at radius 3 is 2.38 bits per heavy atom. The van der Waals surface area contributed by atoms with Gasteiger partial charge in [-0.15, -0.1) is 11.3 Å². The van der Waals surface area contributed by atoms with E-state index in [9.17, 15) is 9.90 Å². The van der Waals surface area contributed by atoms with Gasteiger partial charge in [0.15, 0.2) is 11.6 Å². The average molecular weight is 564 g/mol. The van der Waals surface area contributed by atoms with Gasteiger partial charge in [0.25, 0.3) is 0 Å². The van der Waals surface area contributed by atoms with Gasteiger partial charge in [-0.1, -0.05) is 0 Å². The minimum atomic E-state index is -1.20. The predicted octanol–water partition coefficient (Wildman–Crippen LogP) is 6.11. The fourth-order valence-electron chi connectivity index (χ4n) is 4.27. The number of halogens is 1. The van der Waals surface area contributed by atoms with Crippen LogP contribution in [0.15, 0.2) is 48.9 Å². The van der Waals surface area contributed by atoms with E-state index in [4.69, 9.17) is 14.2 Å². The van der Waals surface area contributed by atoms with Crippen molar-refractivity contribution in [3.63, 3.8) is 0 Å². The maximum absolute atomic E-state index is 15.2. The quantitative estimate of drug-likeness (QED) is 0.238. The minimum absolute atomic E-state index is 0.00842. The van der Waals surface area contributed by atoms with Crippen molar-refractivity contribution in [3.8, 4) is 27.8 Å². The van der Waals surface area contributed by atoms with E-state index in [1.54, 1.807) is 47.3 Å². The number of aryl methyl sites for hydroxylation is 1. The first-order valence-corrected chi connectivity index (χ1v) is 13.1. The van der Waals surface area contributed by atoms with Crippen LogP contribution in [-0.2, 0) is 0 Å². The molecule has 40 heavy (non-hydrogen) atoms. The first kappa shape index (κ1) is 27.0. The van der Waals surface area contributed by atoms with Gasteiger partial charge in [-0.3, -0.25) is 9.88 Å². The Labute approximate surface area is 233 Å². The van der Waals surface area contributed by atoms with Gasteiger partial charge in [0.1, 0.15) is 28.4 Å². The summed E-state index contributed by atoms with van der Waals surface area (Å²) in [6.07, 6.45) is 2.58. The van der Waals surface area contributed by atoms with Crippen molar-refractivity contribution in [1.29, 1.82) is 0 Å². The lowest BCUT2D eigenvalue weighted by Gasteiger charge is -2.30. The molecule has 3 aromatic heterocycles. The van der Waals surface area contributed by atoms with E-state index in [0.717, 1.165) is 15.8 Å². The summed E-state index contributed by atoms with van der Waals surface area (Å²) in [5.74, 6) is 1.13. The number of hydrogen-bond acceptors (Lipinski definition) is 9. The van der Waals surface area contributed by atoms with Crippen LogP contribution in [0.3, 0.4) is 0 Å². The molecular weight excluding hydrogens is 537 g/mol. The third kappa shape index (κ3) is 5.17. The first-order valence-electron chi connectivity index (χ1n) is 12.3. The SMILES string of the molecule is COc1cnc2c(-c3nc4cc(F)c(O[C@@H](C)[C@@H](C)N(C(=O)O)c5cnc(C)nc5)cc4s3)cc(OC)cc2c1. The van der Waals surface area contributed by atoms with E-state index < -0.39 is 24.1 Å². The summed E-state index contributed by atoms with van der Waals surface area (Å²) in [7, 11) is 3.15. The molecule has 5 rings (SSSR count). The van der Waals surface area contributed by atoms with Gasteiger partial charge in [0.05, 0.1) is 60.3 Å². The third-order valence-electron chi connectivity index (χ3n) is 6.53. The molecule has 10 nitrogen and oxygen atoms in total. The summed E-state index contributed by atoms with van der Waals surface area (Å²) in [5, 5.41) is 11.3. The van der Waals surface area contributed by atoms with Crippen molar-refractivity contribution >= 4 is 44.2 Å². The molecule has 0 aliphatic heterocycles. The standard InChI is InChI=1S/C28H26FN5O5S/c1-14(34(28(35)36)18-11-30-16(3)31-12-18)15(2)39-24-10-25-23(9-22(24)29)33-27(40-25)21-8-19(37-4)6-17-7-20(38-5)13-32-26(17)21/h6-15H,1-5H3,(H,35,36)/t14-,15+/m1/s1. The third-order valence-corrected chi connectivity index (χ3v) is 7.58. The molecule has 0 fully saturated rings. The summed E-state index contributed by atoms with van der Waals surface area (Å²) >= 11 is 1.36. The number of anilines is 1. The van der Waals surface area contributed by atoms with Crippen LogP contribution in [-0.4, -0.2) is 57.5 Å². The number of aromatic nitrogens is 4. The molecule has 0 saturated carbocycles. The lowest BCUT2D eigenvalue weighted by atomic mass is 10.1. The molecule has 0 unspecified atom stereocenters. The molecule has 1 amide bonds. The molecule has 2 aromatic carbocycles. The highest BCUT2D eigenvalue weighted by atomic mass is 32.1. The second-order valence-electron chi connectivity index (χ2n) is 9.10. The number of methoxy groups -OCH3 is 2. The molecule has 0 bridgehead atoms. The summed E-state index contributed by atoms with van der Waals surface area (Å²) in [6.45, 7) is 5.06. The fraction of sp³-hybridized carbons (Fsp3) is 0.250. The molecule has 0 aliphatic carbocycles. The maximum atomic E-state index is 15.2. The van der Waals surface area contributed by atoms with Crippen molar-refractivity contribution in [2.24, 2.45) is 0 Å².